The van der Waals surface area contributed by atoms with E-state index in [0.717, 1.165) is 23.2 Å². The summed E-state index contributed by atoms with van der Waals surface area (Å²) in [4.78, 5) is 43.1. The van der Waals surface area contributed by atoms with E-state index >= 15 is 0 Å². The lowest BCUT2D eigenvalue weighted by atomic mass is 9.88. The van der Waals surface area contributed by atoms with Crippen LogP contribution in [0.2, 0.25) is 0 Å². The highest BCUT2D eigenvalue weighted by molar-refractivity contribution is 6.38. The first-order valence-electron chi connectivity index (χ1n) is 14.2. The van der Waals surface area contributed by atoms with Gasteiger partial charge in [-0.25, -0.2) is 9.18 Å². The van der Waals surface area contributed by atoms with Gasteiger partial charge < -0.3 is 25.2 Å². The summed E-state index contributed by atoms with van der Waals surface area (Å²) in [5.41, 5.74) is 2.29. The van der Waals surface area contributed by atoms with Crippen molar-refractivity contribution < 1.29 is 23.5 Å². The average Bonchev–Trinajstić information content (AvgIpc) is 3.30. The van der Waals surface area contributed by atoms with Crippen LogP contribution in [0, 0.1) is 11.2 Å². The zero-order chi connectivity index (χ0) is 30.2. The van der Waals surface area contributed by atoms with Gasteiger partial charge in [0.1, 0.15) is 18.0 Å². The van der Waals surface area contributed by atoms with Crippen molar-refractivity contribution in [2.45, 2.75) is 72.1 Å². The number of ketones is 1. The topological polar surface area (TPSA) is 91.0 Å². The maximum atomic E-state index is 13.4. The molecule has 3 atom stereocenters. The van der Waals surface area contributed by atoms with Crippen LogP contribution in [0.1, 0.15) is 71.0 Å². The molecule has 0 bridgehead atoms. The number of unbranched alkanes of at least 4 members (excludes halogenated alkanes) is 1. The minimum absolute atomic E-state index is 0.294. The molecule has 2 aromatic rings. The van der Waals surface area contributed by atoms with E-state index in [-0.39, 0.29) is 11.9 Å². The van der Waals surface area contributed by atoms with Gasteiger partial charge in [0.15, 0.2) is 0 Å². The highest BCUT2D eigenvalue weighted by Crippen LogP contribution is 2.28. The Morgan fingerprint density at radius 1 is 1.02 bits per heavy atom. The first-order valence-corrected chi connectivity index (χ1v) is 14.2. The number of alkyl carbamates (subject to hydrolysis) is 1. The van der Waals surface area contributed by atoms with Crippen molar-refractivity contribution in [3.05, 3.63) is 77.7 Å². The third kappa shape index (κ3) is 9.06. The van der Waals surface area contributed by atoms with Crippen molar-refractivity contribution in [3.8, 4) is 0 Å². The minimum Gasteiger partial charge on any atom is -0.444 e. The van der Waals surface area contributed by atoms with Crippen LogP contribution in [-0.2, 0) is 14.3 Å². The molecule has 222 valence electrons. The van der Waals surface area contributed by atoms with Crippen molar-refractivity contribution in [2.75, 3.05) is 20.3 Å². The Hall–Kier alpha value is -3.88. The van der Waals surface area contributed by atoms with Gasteiger partial charge in [0.05, 0.1) is 25.0 Å². The third-order valence-electron chi connectivity index (χ3n) is 7.19. The van der Waals surface area contributed by atoms with Gasteiger partial charge in [-0.05, 0) is 48.7 Å². The molecule has 0 aromatic heterocycles. The molecule has 1 heterocycles. The zero-order valence-corrected chi connectivity index (χ0v) is 24.9. The number of hydrogen-bond donors (Lipinski definition) is 2. The third-order valence-corrected chi connectivity index (χ3v) is 7.19. The van der Waals surface area contributed by atoms with Crippen molar-refractivity contribution in [1.82, 2.24) is 20.4 Å². The molecular weight excluding hydrogens is 523 g/mol. The monoisotopic (exact) mass is 566 g/mol. The molecule has 0 unspecified atom stereocenters. The molecular formula is C32H43FN4O4. The molecule has 2 amide bonds. The van der Waals surface area contributed by atoms with Crippen LogP contribution < -0.4 is 10.6 Å². The van der Waals surface area contributed by atoms with E-state index < -0.39 is 35.3 Å². The molecule has 8 nitrogen and oxygen atoms in total. The zero-order valence-electron chi connectivity index (χ0n) is 24.9. The number of nitrogens with zero attached hydrogens (tertiary/aromatic N) is 2. The van der Waals surface area contributed by atoms with Crippen LogP contribution in [0.4, 0.5) is 9.18 Å². The maximum absolute atomic E-state index is 13.4. The number of benzene rings is 2. The summed E-state index contributed by atoms with van der Waals surface area (Å²) in [5, 5.41) is 5.42. The summed E-state index contributed by atoms with van der Waals surface area (Å²) in [6.45, 7) is 10.7. The highest BCUT2D eigenvalue weighted by atomic mass is 19.1. The Bertz CT molecular complexity index is 1210. The number of amides is 2. The summed E-state index contributed by atoms with van der Waals surface area (Å²) in [5.74, 6) is -1.73. The molecule has 0 saturated heterocycles. The van der Waals surface area contributed by atoms with Gasteiger partial charge in [0, 0.05) is 18.7 Å². The Morgan fingerprint density at radius 2 is 1.68 bits per heavy atom. The Morgan fingerprint density at radius 3 is 2.29 bits per heavy atom. The number of ether oxygens (including phenoxy) is 1. The summed E-state index contributed by atoms with van der Waals surface area (Å²) >= 11 is 0. The normalized spacial score (nSPS) is 15.5. The molecule has 0 radical (unpaired) electrons. The first kappa shape index (κ1) is 31.6. The number of halogens is 1. The highest BCUT2D eigenvalue weighted by Gasteiger charge is 2.34. The van der Waals surface area contributed by atoms with Crippen molar-refractivity contribution in [1.29, 1.82) is 0 Å². The van der Waals surface area contributed by atoms with Gasteiger partial charge >= 0.3 is 6.09 Å². The van der Waals surface area contributed by atoms with Crippen LogP contribution in [0.25, 0.3) is 5.70 Å². The van der Waals surface area contributed by atoms with E-state index in [4.69, 9.17) is 4.74 Å². The molecule has 3 rings (SSSR count). The fraction of sp³-hybridized carbons (Fsp3) is 0.469. The minimum atomic E-state index is -0.992. The van der Waals surface area contributed by atoms with Crippen molar-refractivity contribution in [2.24, 2.45) is 5.41 Å². The number of Topliss-reactive ketones (excluding diaryl/α,β-unsaturated/α-hetero) is 1. The Kier molecular flexibility index (Phi) is 10.9. The molecule has 0 saturated carbocycles. The Balaban J connectivity index is 1.66. The largest absolute Gasteiger partial charge is 0.444 e. The summed E-state index contributed by atoms with van der Waals surface area (Å²) < 4.78 is 19.3. The molecule has 1 aliphatic rings. The van der Waals surface area contributed by atoms with E-state index in [9.17, 15) is 18.8 Å². The Labute approximate surface area is 242 Å². The first-order chi connectivity index (χ1) is 19.4. The van der Waals surface area contributed by atoms with Crippen LogP contribution in [0.5, 0.6) is 0 Å². The molecule has 0 aliphatic carbocycles. The van der Waals surface area contributed by atoms with E-state index in [0.29, 0.717) is 26.1 Å². The van der Waals surface area contributed by atoms with E-state index in [1.165, 1.54) is 12.1 Å². The quantitative estimate of drug-likeness (QED) is 0.331. The van der Waals surface area contributed by atoms with Gasteiger partial charge in [-0.15, -0.1) is 0 Å². The van der Waals surface area contributed by atoms with Gasteiger partial charge in [-0.3, -0.25) is 9.59 Å². The molecule has 0 fully saturated rings. The fourth-order valence-electron chi connectivity index (χ4n) is 4.62. The molecule has 41 heavy (non-hydrogen) atoms. The SMILES string of the molecule is CCCC[C@H](NC(=O)O[C@H](CN1C=C(c2ccc(F)cc2)N(C)C1)C(C)(C)C)C(=O)C(=O)N[C@H](C)c1ccccc1. The standard InChI is InChI=1S/C32H43FN4O4/c1-7-8-14-26(29(38)30(39)34-22(2)23-12-10-9-11-13-23)35-31(40)41-28(32(3,4)5)20-37-19-27(36(6)21-37)24-15-17-25(33)18-16-24/h9-13,15-19,22,26,28H,7-8,14,20-21H2,1-6H3,(H,34,39)(H,35,40)/t22-,26+,28-/m1/s1. The summed E-state index contributed by atoms with van der Waals surface area (Å²) in [6.07, 6.45) is 2.51. The number of nitrogens with one attached hydrogen (secondary N) is 2. The van der Waals surface area contributed by atoms with Gasteiger partial charge in [-0.1, -0.05) is 70.9 Å². The lowest BCUT2D eigenvalue weighted by Gasteiger charge is -2.34. The van der Waals surface area contributed by atoms with Gasteiger partial charge in [-0.2, -0.15) is 0 Å². The number of carbonyl (C=O) groups excluding carboxylic acids is 3. The second-order valence-electron chi connectivity index (χ2n) is 11.7. The molecule has 0 spiro atoms. The van der Waals surface area contributed by atoms with Crippen LogP contribution >= 0.6 is 0 Å². The van der Waals surface area contributed by atoms with Crippen LogP contribution in [0.3, 0.4) is 0 Å². The maximum Gasteiger partial charge on any atom is 0.408 e. The lowest BCUT2D eigenvalue weighted by Crippen LogP contribution is -2.50. The number of rotatable bonds is 12. The summed E-state index contributed by atoms with van der Waals surface area (Å²) in [7, 11) is 1.95. The van der Waals surface area contributed by atoms with Crippen LogP contribution in [0.15, 0.2) is 60.8 Å². The van der Waals surface area contributed by atoms with Gasteiger partial charge in [0.25, 0.3) is 5.91 Å². The average molecular weight is 567 g/mol. The summed E-state index contributed by atoms with van der Waals surface area (Å²) in [6, 6.07) is 14.3. The predicted molar refractivity (Wildman–Crippen MR) is 158 cm³/mol. The smallest absolute Gasteiger partial charge is 0.408 e. The molecule has 9 heteroatoms. The van der Waals surface area contributed by atoms with Crippen LogP contribution in [-0.4, -0.2) is 60.0 Å². The second-order valence-corrected chi connectivity index (χ2v) is 11.7. The predicted octanol–water partition coefficient (Wildman–Crippen LogP) is 5.48. The number of hydrogen-bond acceptors (Lipinski definition) is 6. The second kappa shape index (κ2) is 14.1. The van der Waals surface area contributed by atoms with Crippen molar-refractivity contribution in [3.63, 3.8) is 0 Å². The van der Waals surface area contributed by atoms with Crippen molar-refractivity contribution >= 4 is 23.5 Å². The van der Waals surface area contributed by atoms with Gasteiger partial charge in [0.2, 0.25) is 5.78 Å². The molecule has 2 aromatic carbocycles. The van der Waals surface area contributed by atoms with E-state index in [1.54, 1.807) is 12.1 Å². The van der Waals surface area contributed by atoms with E-state index in [2.05, 4.69) is 10.6 Å². The van der Waals surface area contributed by atoms with E-state index in [1.807, 2.05) is 88.0 Å². The number of carbonyl (C=O) groups is 3. The molecule has 2 N–H and O–H groups in total. The fourth-order valence-corrected chi connectivity index (χ4v) is 4.62. The lowest BCUT2D eigenvalue weighted by molar-refractivity contribution is -0.139. The molecule has 1 aliphatic heterocycles.